The highest BCUT2D eigenvalue weighted by Gasteiger charge is 2.11. The fraction of sp³-hybridized carbons (Fsp3) is 0.250. The number of hydrogen-bond acceptors (Lipinski definition) is 5. The minimum atomic E-state index is -0.0881. The van der Waals surface area contributed by atoms with Gasteiger partial charge in [-0.05, 0) is 43.2 Å². The van der Waals surface area contributed by atoms with Gasteiger partial charge in [0.1, 0.15) is 18.7 Å². The minimum Gasteiger partial charge on any atom is -0.491 e. The number of halogens is 1. The van der Waals surface area contributed by atoms with Crippen LogP contribution in [0.3, 0.4) is 0 Å². The molecule has 0 atom stereocenters. The number of carbonyl (C=O) groups excluding carboxylic acids is 1. The molecule has 1 heterocycles. The molecule has 3 aromatic rings. The number of benzene rings is 2. The van der Waals surface area contributed by atoms with Crippen LogP contribution in [0.2, 0.25) is 5.02 Å². The Morgan fingerprint density at radius 3 is 2.82 bits per heavy atom. The molecule has 0 spiro atoms. The van der Waals surface area contributed by atoms with E-state index < -0.39 is 0 Å². The van der Waals surface area contributed by atoms with Gasteiger partial charge in [-0.1, -0.05) is 47.6 Å². The molecule has 8 heteroatoms. The van der Waals surface area contributed by atoms with Gasteiger partial charge in [0.2, 0.25) is 5.91 Å². The van der Waals surface area contributed by atoms with Crippen LogP contribution < -0.4 is 10.1 Å². The van der Waals surface area contributed by atoms with Crippen molar-refractivity contribution < 1.29 is 9.53 Å². The Hall–Kier alpha value is -2.51. The van der Waals surface area contributed by atoms with Crippen molar-refractivity contribution in [1.29, 1.82) is 0 Å². The van der Waals surface area contributed by atoms with Crippen LogP contribution in [-0.4, -0.2) is 39.6 Å². The second-order valence-corrected chi connectivity index (χ2v) is 7.52. The second kappa shape index (κ2) is 9.61. The highest BCUT2D eigenvalue weighted by atomic mass is 35.5. The molecule has 0 saturated heterocycles. The van der Waals surface area contributed by atoms with E-state index in [0.29, 0.717) is 23.3 Å². The van der Waals surface area contributed by atoms with E-state index in [-0.39, 0.29) is 11.7 Å². The van der Waals surface area contributed by atoms with E-state index in [1.54, 1.807) is 6.33 Å². The maximum atomic E-state index is 12.1. The number of para-hydroxylation sites is 1. The Kier molecular flexibility index (Phi) is 6.95. The number of aromatic nitrogens is 3. The van der Waals surface area contributed by atoms with E-state index in [1.165, 1.54) is 11.8 Å². The summed E-state index contributed by atoms with van der Waals surface area (Å²) < 4.78 is 7.48. The zero-order valence-electron chi connectivity index (χ0n) is 15.7. The minimum absolute atomic E-state index is 0.0881. The first-order valence-electron chi connectivity index (χ1n) is 8.79. The highest BCUT2D eigenvalue weighted by Crippen LogP contribution is 2.23. The van der Waals surface area contributed by atoms with Gasteiger partial charge in [0, 0.05) is 5.02 Å². The van der Waals surface area contributed by atoms with Crippen molar-refractivity contribution >= 4 is 29.3 Å². The van der Waals surface area contributed by atoms with Crippen LogP contribution in [0.5, 0.6) is 5.75 Å². The molecule has 0 fully saturated rings. The lowest BCUT2D eigenvalue weighted by atomic mass is 10.2. The summed E-state index contributed by atoms with van der Waals surface area (Å²) in [5.41, 5.74) is 2.93. The summed E-state index contributed by atoms with van der Waals surface area (Å²) in [5, 5.41) is 12.2. The lowest BCUT2D eigenvalue weighted by Gasteiger charge is -2.10. The fourth-order valence-electron chi connectivity index (χ4n) is 2.48. The van der Waals surface area contributed by atoms with E-state index in [2.05, 4.69) is 15.5 Å². The summed E-state index contributed by atoms with van der Waals surface area (Å²) in [6.45, 7) is 4.79. The fourth-order valence-corrected chi connectivity index (χ4v) is 3.42. The summed E-state index contributed by atoms with van der Waals surface area (Å²) in [7, 11) is 0. The molecule has 0 saturated carbocycles. The molecule has 0 aliphatic carbocycles. The lowest BCUT2D eigenvalue weighted by molar-refractivity contribution is -0.118. The van der Waals surface area contributed by atoms with Crippen molar-refractivity contribution in [3.05, 3.63) is 64.9 Å². The molecular weight excluding hydrogens is 396 g/mol. The predicted octanol–water partition coefficient (Wildman–Crippen LogP) is 3.82. The zero-order valence-corrected chi connectivity index (χ0v) is 17.3. The second-order valence-electron chi connectivity index (χ2n) is 6.17. The SMILES string of the molecule is Cc1ccc(-n2cnnc2SCC(=O)NCCOc2ccccc2C)cc1Cl. The lowest BCUT2D eigenvalue weighted by Crippen LogP contribution is -2.29. The first-order valence-corrected chi connectivity index (χ1v) is 10.2. The number of ether oxygens (including phenoxy) is 1. The first-order chi connectivity index (χ1) is 13.5. The van der Waals surface area contributed by atoms with Crippen LogP contribution in [0.1, 0.15) is 11.1 Å². The smallest absolute Gasteiger partial charge is 0.230 e. The van der Waals surface area contributed by atoms with Gasteiger partial charge >= 0.3 is 0 Å². The van der Waals surface area contributed by atoms with Crippen LogP contribution >= 0.6 is 23.4 Å². The number of hydrogen-bond donors (Lipinski definition) is 1. The Bertz CT molecular complexity index is 961. The largest absolute Gasteiger partial charge is 0.491 e. The first kappa shape index (κ1) is 20.2. The monoisotopic (exact) mass is 416 g/mol. The van der Waals surface area contributed by atoms with Crippen molar-refractivity contribution in [3.63, 3.8) is 0 Å². The van der Waals surface area contributed by atoms with Crippen molar-refractivity contribution in [1.82, 2.24) is 20.1 Å². The van der Waals surface area contributed by atoms with Crippen molar-refractivity contribution in [2.45, 2.75) is 19.0 Å². The molecule has 2 aromatic carbocycles. The number of carbonyl (C=O) groups is 1. The van der Waals surface area contributed by atoms with Crippen LogP contribution in [0.15, 0.2) is 53.9 Å². The van der Waals surface area contributed by atoms with Crippen molar-refractivity contribution in [2.24, 2.45) is 0 Å². The summed E-state index contributed by atoms with van der Waals surface area (Å²) in [6, 6.07) is 13.5. The topological polar surface area (TPSA) is 69.0 Å². The Balaban J connectivity index is 1.47. The third-order valence-electron chi connectivity index (χ3n) is 4.06. The van der Waals surface area contributed by atoms with E-state index >= 15 is 0 Å². The summed E-state index contributed by atoms with van der Waals surface area (Å²) in [6.07, 6.45) is 1.61. The molecule has 28 heavy (non-hydrogen) atoms. The van der Waals surface area contributed by atoms with Crippen LogP contribution in [-0.2, 0) is 4.79 Å². The van der Waals surface area contributed by atoms with Gasteiger partial charge in [0.15, 0.2) is 5.16 Å². The molecule has 1 aromatic heterocycles. The molecule has 146 valence electrons. The summed E-state index contributed by atoms with van der Waals surface area (Å²) in [4.78, 5) is 12.1. The molecule has 0 radical (unpaired) electrons. The molecule has 1 N–H and O–H groups in total. The van der Waals surface area contributed by atoms with Crippen LogP contribution in [0, 0.1) is 13.8 Å². The Morgan fingerprint density at radius 2 is 2.04 bits per heavy atom. The summed E-state index contributed by atoms with van der Waals surface area (Å²) in [5.74, 6) is 0.980. The highest BCUT2D eigenvalue weighted by molar-refractivity contribution is 7.99. The van der Waals surface area contributed by atoms with E-state index in [0.717, 1.165) is 22.6 Å². The van der Waals surface area contributed by atoms with Gasteiger partial charge in [0.05, 0.1) is 18.0 Å². The zero-order chi connectivity index (χ0) is 19.9. The Morgan fingerprint density at radius 1 is 1.21 bits per heavy atom. The number of rotatable bonds is 8. The molecule has 1 amide bonds. The predicted molar refractivity (Wildman–Crippen MR) is 112 cm³/mol. The van der Waals surface area contributed by atoms with Gasteiger partial charge in [-0.3, -0.25) is 9.36 Å². The molecule has 0 aliphatic heterocycles. The molecule has 0 bridgehead atoms. The number of nitrogens with zero attached hydrogens (tertiary/aromatic N) is 3. The van der Waals surface area contributed by atoms with Crippen molar-refractivity contribution in [3.8, 4) is 11.4 Å². The third kappa shape index (κ3) is 5.27. The Labute approximate surface area is 173 Å². The number of thioether (sulfide) groups is 1. The standard InChI is InChI=1S/C20H21ClN4O2S/c1-14-7-8-16(11-17(14)21)25-13-23-24-20(25)28-12-19(26)22-9-10-27-18-6-4-3-5-15(18)2/h3-8,11,13H,9-10,12H2,1-2H3,(H,22,26). The van der Waals surface area contributed by atoms with Gasteiger partial charge in [-0.15, -0.1) is 10.2 Å². The molecule has 6 nitrogen and oxygen atoms in total. The van der Waals surface area contributed by atoms with Crippen molar-refractivity contribution in [2.75, 3.05) is 18.9 Å². The molecule has 3 rings (SSSR count). The molecule has 0 unspecified atom stereocenters. The van der Waals surface area contributed by atoms with E-state index in [9.17, 15) is 4.79 Å². The van der Waals surface area contributed by atoms with Gasteiger partial charge < -0.3 is 10.1 Å². The maximum absolute atomic E-state index is 12.1. The number of amides is 1. The van der Waals surface area contributed by atoms with Gasteiger partial charge in [-0.25, -0.2) is 0 Å². The maximum Gasteiger partial charge on any atom is 0.230 e. The summed E-state index contributed by atoms with van der Waals surface area (Å²) >= 11 is 7.52. The van der Waals surface area contributed by atoms with E-state index in [4.69, 9.17) is 16.3 Å². The average molecular weight is 417 g/mol. The van der Waals surface area contributed by atoms with Gasteiger partial charge in [-0.2, -0.15) is 0 Å². The van der Waals surface area contributed by atoms with E-state index in [1.807, 2.05) is 60.9 Å². The van der Waals surface area contributed by atoms with Gasteiger partial charge in [0.25, 0.3) is 0 Å². The van der Waals surface area contributed by atoms with Crippen LogP contribution in [0.4, 0.5) is 0 Å². The normalized spacial score (nSPS) is 10.7. The number of aryl methyl sites for hydroxylation is 2. The van der Waals surface area contributed by atoms with Crippen LogP contribution in [0.25, 0.3) is 5.69 Å². The molecule has 0 aliphatic rings. The average Bonchev–Trinajstić information content (AvgIpc) is 3.15. The third-order valence-corrected chi connectivity index (χ3v) is 5.41. The molecular formula is C20H21ClN4O2S. The quantitative estimate of drug-likeness (QED) is 0.446. The number of nitrogens with one attached hydrogen (secondary N) is 1.